The fraction of sp³-hybridized carbons (Fsp3) is 0.333. The van der Waals surface area contributed by atoms with Crippen molar-refractivity contribution < 1.29 is 18.6 Å². The van der Waals surface area contributed by atoms with E-state index in [1.807, 2.05) is 18.2 Å². The van der Waals surface area contributed by atoms with E-state index in [1.54, 1.807) is 12.1 Å². The lowest BCUT2D eigenvalue weighted by Crippen LogP contribution is -2.23. The van der Waals surface area contributed by atoms with Crippen molar-refractivity contribution in [2.24, 2.45) is 0 Å². The van der Waals surface area contributed by atoms with Gasteiger partial charge in [-0.2, -0.15) is 0 Å². The number of aliphatic hydroxyl groups excluding tert-OH is 1. The summed E-state index contributed by atoms with van der Waals surface area (Å²) < 4.78 is 30.4. The highest BCUT2D eigenvalue weighted by molar-refractivity contribution is 5.13. The number of rotatable bonds is 6. The third kappa shape index (κ3) is 4.51. The van der Waals surface area contributed by atoms with Crippen molar-refractivity contribution in [3.05, 3.63) is 48.6 Å². The molecule has 88 valence electrons. The van der Waals surface area contributed by atoms with Crippen LogP contribution in [0.2, 0.25) is 0 Å². The lowest BCUT2D eigenvalue weighted by Gasteiger charge is -2.16. The van der Waals surface area contributed by atoms with Crippen LogP contribution < -0.4 is 0 Å². The highest BCUT2D eigenvalue weighted by Crippen LogP contribution is 2.22. The number of benzene rings is 1. The van der Waals surface area contributed by atoms with Crippen molar-refractivity contribution in [2.45, 2.75) is 25.2 Å². The molecule has 1 N–H and O–H groups in total. The van der Waals surface area contributed by atoms with Gasteiger partial charge >= 0.3 is 0 Å². The van der Waals surface area contributed by atoms with Crippen molar-refractivity contribution in [3.8, 4) is 0 Å². The zero-order valence-corrected chi connectivity index (χ0v) is 8.77. The number of alkyl halides is 2. The molecule has 1 atom stereocenters. The zero-order chi connectivity index (χ0) is 12.0. The number of allylic oxidation sites excluding steroid dienone is 1. The Hall–Kier alpha value is -1.26. The van der Waals surface area contributed by atoms with Crippen molar-refractivity contribution in [1.82, 2.24) is 0 Å². The van der Waals surface area contributed by atoms with Gasteiger partial charge in [-0.05, 0) is 11.6 Å². The fourth-order valence-electron chi connectivity index (χ4n) is 1.14. The molecule has 0 spiro atoms. The van der Waals surface area contributed by atoms with Crippen LogP contribution in [0.4, 0.5) is 8.78 Å². The maximum absolute atomic E-state index is 12.8. The van der Waals surface area contributed by atoms with E-state index in [4.69, 9.17) is 4.74 Å². The molecule has 0 aliphatic heterocycles. The highest BCUT2D eigenvalue weighted by Gasteiger charge is 2.28. The number of halogens is 2. The molecule has 1 rings (SSSR count). The van der Waals surface area contributed by atoms with E-state index in [0.29, 0.717) is 6.08 Å². The summed E-state index contributed by atoms with van der Waals surface area (Å²) in [6.45, 7) is 3.09. The number of ether oxygens (including phenoxy) is 1. The Bertz CT molecular complexity index is 325. The van der Waals surface area contributed by atoms with Gasteiger partial charge < -0.3 is 9.84 Å². The molecule has 0 fully saturated rings. The second kappa shape index (κ2) is 5.72. The van der Waals surface area contributed by atoms with E-state index in [1.165, 1.54) is 0 Å². The zero-order valence-electron chi connectivity index (χ0n) is 8.77. The predicted octanol–water partition coefficient (Wildman–Crippen LogP) is 2.73. The SMILES string of the molecule is C=CC(F)(F)CC(O)OCc1ccccc1. The minimum atomic E-state index is -3.10. The standard InChI is InChI=1S/C12H14F2O2/c1-2-12(13,14)8-11(15)16-9-10-6-4-3-5-7-10/h2-7,11,15H,1,8-9H2. The number of hydrogen-bond donors (Lipinski definition) is 1. The van der Waals surface area contributed by atoms with E-state index >= 15 is 0 Å². The monoisotopic (exact) mass is 228 g/mol. The van der Waals surface area contributed by atoms with Gasteiger partial charge in [-0.1, -0.05) is 36.9 Å². The maximum Gasteiger partial charge on any atom is 0.271 e. The van der Waals surface area contributed by atoms with Crippen LogP contribution >= 0.6 is 0 Å². The van der Waals surface area contributed by atoms with Gasteiger partial charge in [0.05, 0.1) is 13.0 Å². The van der Waals surface area contributed by atoms with Gasteiger partial charge in [-0.15, -0.1) is 0 Å². The molecule has 0 aromatic heterocycles. The Labute approximate surface area is 93.2 Å². The summed E-state index contributed by atoms with van der Waals surface area (Å²) in [6.07, 6.45) is -1.76. The van der Waals surface area contributed by atoms with Crippen LogP contribution in [-0.4, -0.2) is 17.3 Å². The Morgan fingerprint density at radius 2 is 2.00 bits per heavy atom. The van der Waals surface area contributed by atoms with Crippen LogP contribution in [0, 0.1) is 0 Å². The molecule has 0 heterocycles. The molecule has 2 nitrogen and oxygen atoms in total. The third-order valence-electron chi connectivity index (χ3n) is 2.03. The molecule has 0 radical (unpaired) electrons. The Morgan fingerprint density at radius 3 is 2.56 bits per heavy atom. The van der Waals surface area contributed by atoms with Crippen molar-refractivity contribution in [2.75, 3.05) is 0 Å². The Kier molecular flexibility index (Phi) is 4.58. The summed E-state index contributed by atoms with van der Waals surface area (Å²) in [5.74, 6) is -3.10. The molecular formula is C12H14F2O2. The first-order valence-electron chi connectivity index (χ1n) is 4.88. The summed E-state index contributed by atoms with van der Waals surface area (Å²) in [4.78, 5) is 0. The molecule has 0 saturated carbocycles. The summed E-state index contributed by atoms with van der Waals surface area (Å²) in [5, 5.41) is 9.23. The second-order valence-electron chi connectivity index (χ2n) is 3.42. The average Bonchev–Trinajstić information content (AvgIpc) is 2.27. The van der Waals surface area contributed by atoms with Crippen molar-refractivity contribution in [3.63, 3.8) is 0 Å². The average molecular weight is 228 g/mol. The van der Waals surface area contributed by atoms with E-state index in [2.05, 4.69) is 6.58 Å². The number of aliphatic hydroxyl groups is 1. The summed E-state index contributed by atoms with van der Waals surface area (Å²) in [6, 6.07) is 9.04. The quantitative estimate of drug-likeness (QED) is 0.599. The van der Waals surface area contributed by atoms with E-state index in [-0.39, 0.29) is 6.61 Å². The minimum absolute atomic E-state index is 0.106. The van der Waals surface area contributed by atoms with Crippen LogP contribution in [-0.2, 0) is 11.3 Å². The van der Waals surface area contributed by atoms with Crippen LogP contribution in [0.5, 0.6) is 0 Å². The van der Waals surface area contributed by atoms with E-state index < -0.39 is 18.6 Å². The first kappa shape index (κ1) is 12.8. The van der Waals surface area contributed by atoms with Gasteiger partial charge in [-0.3, -0.25) is 0 Å². The van der Waals surface area contributed by atoms with Gasteiger partial charge in [0.25, 0.3) is 5.92 Å². The molecular weight excluding hydrogens is 214 g/mol. The third-order valence-corrected chi connectivity index (χ3v) is 2.03. The van der Waals surface area contributed by atoms with Crippen molar-refractivity contribution in [1.29, 1.82) is 0 Å². The minimum Gasteiger partial charge on any atom is -0.368 e. The lowest BCUT2D eigenvalue weighted by molar-refractivity contribution is -0.146. The molecule has 1 aromatic carbocycles. The Morgan fingerprint density at radius 1 is 1.38 bits per heavy atom. The molecule has 4 heteroatoms. The van der Waals surface area contributed by atoms with Gasteiger partial charge in [0.2, 0.25) is 0 Å². The molecule has 0 bridgehead atoms. The number of hydrogen-bond acceptors (Lipinski definition) is 2. The largest absolute Gasteiger partial charge is 0.368 e. The van der Waals surface area contributed by atoms with Crippen LogP contribution in [0.1, 0.15) is 12.0 Å². The van der Waals surface area contributed by atoms with E-state index in [9.17, 15) is 13.9 Å². The van der Waals surface area contributed by atoms with Crippen LogP contribution in [0.15, 0.2) is 43.0 Å². The summed E-state index contributed by atoms with van der Waals surface area (Å²) >= 11 is 0. The van der Waals surface area contributed by atoms with Gasteiger partial charge in [-0.25, -0.2) is 8.78 Å². The molecule has 0 aliphatic rings. The highest BCUT2D eigenvalue weighted by atomic mass is 19.3. The topological polar surface area (TPSA) is 29.5 Å². The molecule has 0 amide bonds. The first-order valence-corrected chi connectivity index (χ1v) is 4.88. The normalized spacial score (nSPS) is 13.4. The van der Waals surface area contributed by atoms with E-state index in [0.717, 1.165) is 5.56 Å². The maximum atomic E-state index is 12.8. The molecule has 1 aromatic rings. The van der Waals surface area contributed by atoms with Crippen LogP contribution in [0.3, 0.4) is 0 Å². The molecule has 16 heavy (non-hydrogen) atoms. The molecule has 0 aliphatic carbocycles. The van der Waals surface area contributed by atoms with Crippen molar-refractivity contribution >= 4 is 0 Å². The van der Waals surface area contributed by atoms with Gasteiger partial charge in [0, 0.05) is 0 Å². The first-order chi connectivity index (χ1) is 7.53. The predicted molar refractivity (Wildman–Crippen MR) is 57.0 cm³/mol. The van der Waals surface area contributed by atoms with Gasteiger partial charge in [0.15, 0.2) is 6.29 Å². The molecule has 0 saturated heterocycles. The molecule has 1 unspecified atom stereocenters. The fourth-order valence-corrected chi connectivity index (χ4v) is 1.14. The second-order valence-corrected chi connectivity index (χ2v) is 3.42. The van der Waals surface area contributed by atoms with Gasteiger partial charge in [0.1, 0.15) is 0 Å². The lowest BCUT2D eigenvalue weighted by atomic mass is 10.2. The summed E-state index contributed by atoms with van der Waals surface area (Å²) in [7, 11) is 0. The smallest absolute Gasteiger partial charge is 0.271 e. The Balaban J connectivity index is 2.36. The van der Waals surface area contributed by atoms with Crippen LogP contribution in [0.25, 0.3) is 0 Å². The summed E-state index contributed by atoms with van der Waals surface area (Å²) in [5.41, 5.74) is 0.823.